The maximum Gasteiger partial charge on any atom is 0.0297 e. The Kier molecular flexibility index (Phi) is 5.09. The summed E-state index contributed by atoms with van der Waals surface area (Å²) < 4.78 is 0. The van der Waals surface area contributed by atoms with Gasteiger partial charge in [-0.2, -0.15) is 0 Å². The number of rotatable bonds is 6. The first-order valence-electron chi connectivity index (χ1n) is 8.50. The first-order chi connectivity index (χ1) is 11.2. The van der Waals surface area contributed by atoms with Gasteiger partial charge in [0.25, 0.3) is 0 Å². The molecule has 0 radical (unpaired) electrons. The van der Waals surface area contributed by atoms with Crippen LogP contribution in [0, 0.1) is 6.92 Å². The second-order valence-electron chi connectivity index (χ2n) is 6.33. The highest BCUT2D eigenvalue weighted by Crippen LogP contribution is 2.23. The fourth-order valence-electron chi connectivity index (χ4n) is 3.10. The Balaban J connectivity index is 1.56. The minimum Gasteiger partial charge on any atom is -0.310 e. The highest BCUT2D eigenvalue weighted by molar-refractivity contribution is 5.86. The Labute approximate surface area is 139 Å². The molecule has 0 heterocycles. The summed E-state index contributed by atoms with van der Waals surface area (Å²) >= 11 is 0. The van der Waals surface area contributed by atoms with E-state index >= 15 is 0 Å². The zero-order valence-electron chi connectivity index (χ0n) is 14.0. The molecule has 118 valence electrons. The Morgan fingerprint density at radius 3 is 2.43 bits per heavy atom. The van der Waals surface area contributed by atoms with Gasteiger partial charge in [-0.3, -0.25) is 0 Å². The van der Waals surface area contributed by atoms with Crippen molar-refractivity contribution in [3.63, 3.8) is 0 Å². The van der Waals surface area contributed by atoms with Crippen molar-refractivity contribution in [2.45, 2.75) is 32.7 Å². The molecule has 3 aromatic carbocycles. The van der Waals surface area contributed by atoms with Crippen LogP contribution in [0.1, 0.15) is 36.1 Å². The van der Waals surface area contributed by atoms with Crippen LogP contribution in [0.5, 0.6) is 0 Å². The SMILES string of the molecule is Cc1ccc(CCCN[C@@H](C)c2cccc3ccccc23)cc1. The van der Waals surface area contributed by atoms with E-state index in [0.29, 0.717) is 6.04 Å². The third-order valence-electron chi connectivity index (χ3n) is 4.50. The third-order valence-corrected chi connectivity index (χ3v) is 4.50. The van der Waals surface area contributed by atoms with Crippen LogP contribution in [-0.2, 0) is 6.42 Å². The molecule has 23 heavy (non-hydrogen) atoms. The molecular weight excluding hydrogens is 278 g/mol. The summed E-state index contributed by atoms with van der Waals surface area (Å²) in [6.07, 6.45) is 2.30. The minimum atomic E-state index is 0.374. The van der Waals surface area contributed by atoms with Gasteiger partial charge in [-0.15, -0.1) is 0 Å². The molecule has 0 bridgehead atoms. The van der Waals surface area contributed by atoms with E-state index in [4.69, 9.17) is 0 Å². The van der Waals surface area contributed by atoms with Gasteiger partial charge in [-0.25, -0.2) is 0 Å². The van der Waals surface area contributed by atoms with Crippen molar-refractivity contribution in [1.29, 1.82) is 0 Å². The monoisotopic (exact) mass is 303 g/mol. The van der Waals surface area contributed by atoms with Crippen LogP contribution < -0.4 is 5.32 Å². The molecule has 3 aromatic rings. The Morgan fingerprint density at radius 2 is 1.61 bits per heavy atom. The molecule has 0 unspecified atom stereocenters. The van der Waals surface area contributed by atoms with E-state index in [-0.39, 0.29) is 0 Å². The normalized spacial score (nSPS) is 12.4. The van der Waals surface area contributed by atoms with Crippen LogP contribution in [0.4, 0.5) is 0 Å². The second kappa shape index (κ2) is 7.43. The highest BCUT2D eigenvalue weighted by Gasteiger charge is 2.08. The molecular formula is C22H25N. The molecule has 0 saturated carbocycles. The maximum absolute atomic E-state index is 3.67. The third kappa shape index (κ3) is 4.00. The van der Waals surface area contributed by atoms with Gasteiger partial charge in [0, 0.05) is 6.04 Å². The van der Waals surface area contributed by atoms with Gasteiger partial charge in [0.2, 0.25) is 0 Å². The van der Waals surface area contributed by atoms with Crippen LogP contribution in [-0.4, -0.2) is 6.54 Å². The molecule has 0 aliphatic heterocycles. The average molecular weight is 303 g/mol. The Hall–Kier alpha value is -2.12. The van der Waals surface area contributed by atoms with Gasteiger partial charge in [0.15, 0.2) is 0 Å². The first-order valence-corrected chi connectivity index (χ1v) is 8.50. The summed E-state index contributed by atoms with van der Waals surface area (Å²) in [5.41, 5.74) is 4.14. The zero-order valence-corrected chi connectivity index (χ0v) is 14.0. The molecule has 3 rings (SSSR count). The minimum absolute atomic E-state index is 0.374. The molecule has 0 aromatic heterocycles. The predicted molar refractivity (Wildman–Crippen MR) is 99.9 cm³/mol. The summed E-state index contributed by atoms with van der Waals surface area (Å²) in [5, 5.41) is 6.35. The van der Waals surface area contributed by atoms with Gasteiger partial charge in [-0.05, 0) is 55.1 Å². The lowest BCUT2D eigenvalue weighted by atomic mass is 9.99. The average Bonchev–Trinajstić information content (AvgIpc) is 2.59. The second-order valence-corrected chi connectivity index (χ2v) is 6.33. The number of fused-ring (bicyclic) bond motifs is 1. The fraction of sp³-hybridized carbons (Fsp3) is 0.273. The summed E-state index contributed by atoms with van der Waals surface area (Å²) in [4.78, 5) is 0. The van der Waals surface area contributed by atoms with Gasteiger partial charge in [0.05, 0.1) is 0 Å². The Bertz CT molecular complexity index is 753. The summed E-state index contributed by atoms with van der Waals surface area (Å²) in [5.74, 6) is 0. The quantitative estimate of drug-likeness (QED) is 0.599. The highest BCUT2D eigenvalue weighted by atomic mass is 14.9. The molecule has 1 nitrogen and oxygen atoms in total. The largest absolute Gasteiger partial charge is 0.310 e. The number of hydrogen-bond acceptors (Lipinski definition) is 1. The predicted octanol–water partition coefficient (Wildman–Crippen LogP) is 5.43. The van der Waals surface area contributed by atoms with Crippen molar-refractivity contribution < 1.29 is 0 Å². The molecule has 1 atom stereocenters. The fourth-order valence-corrected chi connectivity index (χ4v) is 3.10. The van der Waals surface area contributed by atoms with Crippen molar-refractivity contribution >= 4 is 10.8 Å². The van der Waals surface area contributed by atoms with E-state index in [1.807, 2.05) is 0 Å². The maximum atomic E-state index is 3.67. The van der Waals surface area contributed by atoms with Crippen molar-refractivity contribution in [2.24, 2.45) is 0 Å². The summed E-state index contributed by atoms with van der Waals surface area (Å²) in [6, 6.07) is 24.4. The van der Waals surface area contributed by atoms with Crippen LogP contribution in [0.2, 0.25) is 0 Å². The molecule has 0 amide bonds. The van der Waals surface area contributed by atoms with Crippen molar-refractivity contribution in [2.75, 3.05) is 6.54 Å². The summed E-state index contributed by atoms with van der Waals surface area (Å²) in [6.45, 7) is 5.43. The topological polar surface area (TPSA) is 12.0 Å². The smallest absolute Gasteiger partial charge is 0.0297 e. The molecule has 0 spiro atoms. The van der Waals surface area contributed by atoms with Crippen LogP contribution >= 0.6 is 0 Å². The number of hydrogen-bond donors (Lipinski definition) is 1. The first kappa shape index (κ1) is 15.8. The number of nitrogens with one attached hydrogen (secondary N) is 1. The van der Waals surface area contributed by atoms with E-state index in [0.717, 1.165) is 19.4 Å². The molecule has 0 aliphatic carbocycles. The van der Waals surface area contributed by atoms with E-state index in [2.05, 4.69) is 85.9 Å². The number of benzene rings is 3. The van der Waals surface area contributed by atoms with Gasteiger partial charge in [-0.1, -0.05) is 72.3 Å². The van der Waals surface area contributed by atoms with Crippen LogP contribution in [0.15, 0.2) is 66.7 Å². The molecule has 0 fully saturated rings. The van der Waals surface area contributed by atoms with E-state index in [9.17, 15) is 0 Å². The van der Waals surface area contributed by atoms with Crippen LogP contribution in [0.25, 0.3) is 10.8 Å². The van der Waals surface area contributed by atoms with Crippen molar-refractivity contribution in [1.82, 2.24) is 5.32 Å². The standard InChI is InChI=1S/C22H25N/c1-17-12-14-19(15-13-17)7-6-16-23-18(2)21-11-5-9-20-8-3-4-10-22(20)21/h3-5,8-15,18,23H,6-7,16H2,1-2H3/t18-/m0/s1. The summed E-state index contributed by atoms with van der Waals surface area (Å²) in [7, 11) is 0. The van der Waals surface area contributed by atoms with Crippen molar-refractivity contribution in [3.05, 3.63) is 83.4 Å². The molecule has 1 N–H and O–H groups in total. The van der Waals surface area contributed by atoms with Gasteiger partial charge >= 0.3 is 0 Å². The Morgan fingerprint density at radius 1 is 0.870 bits per heavy atom. The molecule has 0 saturated heterocycles. The van der Waals surface area contributed by atoms with Gasteiger partial charge < -0.3 is 5.32 Å². The zero-order chi connectivity index (χ0) is 16.1. The van der Waals surface area contributed by atoms with E-state index < -0.39 is 0 Å². The van der Waals surface area contributed by atoms with E-state index in [1.165, 1.54) is 27.5 Å². The lowest BCUT2D eigenvalue weighted by Gasteiger charge is -2.16. The van der Waals surface area contributed by atoms with Crippen LogP contribution in [0.3, 0.4) is 0 Å². The van der Waals surface area contributed by atoms with E-state index in [1.54, 1.807) is 0 Å². The van der Waals surface area contributed by atoms with Crippen molar-refractivity contribution in [3.8, 4) is 0 Å². The molecule has 0 aliphatic rings. The lowest BCUT2D eigenvalue weighted by molar-refractivity contribution is 0.561. The molecule has 1 heteroatoms. The van der Waals surface area contributed by atoms with Gasteiger partial charge in [0.1, 0.15) is 0 Å². The number of aryl methyl sites for hydroxylation is 2. The lowest BCUT2D eigenvalue weighted by Crippen LogP contribution is -2.20.